The van der Waals surface area contributed by atoms with E-state index in [9.17, 15) is 14.4 Å². The fourth-order valence-corrected chi connectivity index (χ4v) is 1.82. The maximum absolute atomic E-state index is 12.1. The normalized spacial score (nSPS) is 9.57. The van der Waals surface area contributed by atoms with E-state index in [0.29, 0.717) is 5.69 Å². The summed E-state index contributed by atoms with van der Waals surface area (Å²) in [4.78, 5) is 33.6. The molecule has 9 heteroatoms. The summed E-state index contributed by atoms with van der Waals surface area (Å²) in [5, 5.41) is 14.5. The van der Waals surface area contributed by atoms with Gasteiger partial charge in [0.2, 0.25) is 0 Å². The second kappa shape index (κ2) is 7.51. The summed E-state index contributed by atoms with van der Waals surface area (Å²) in [5.41, 5.74) is 0.0308. The van der Waals surface area contributed by atoms with Crippen molar-refractivity contribution < 1.29 is 14.7 Å². The molecule has 2 aromatic rings. The van der Waals surface area contributed by atoms with E-state index in [0.717, 1.165) is 4.68 Å². The first-order valence-corrected chi connectivity index (χ1v) is 6.17. The van der Waals surface area contributed by atoms with Crippen LogP contribution in [0.4, 0.5) is 5.69 Å². The monoisotopic (exact) mass is 361 g/mol. The Bertz CT molecular complexity index is 733. The number of carbonyl (C=O) groups excluding carboxylic acids is 1. The molecule has 0 atom stereocenters. The Balaban J connectivity index is 0.00000220. The van der Waals surface area contributed by atoms with Crippen LogP contribution in [0.5, 0.6) is 0 Å². The van der Waals surface area contributed by atoms with E-state index < -0.39 is 17.4 Å². The Morgan fingerprint density at radius 2 is 1.86 bits per heavy atom. The quantitative estimate of drug-likeness (QED) is 0.594. The van der Waals surface area contributed by atoms with Crippen molar-refractivity contribution in [3.05, 3.63) is 51.4 Å². The van der Waals surface area contributed by atoms with Gasteiger partial charge in [-0.2, -0.15) is 9.78 Å². The second-order valence-corrected chi connectivity index (χ2v) is 4.48. The molecule has 104 valence electrons. The van der Waals surface area contributed by atoms with Crippen LogP contribution in [0.1, 0.15) is 0 Å². The summed E-state index contributed by atoms with van der Waals surface area (Å²) in [7, 11) is 0. The van der Waals surface area contributed by atoms with Crippen LogP contribution in [0.3, 0.4) is 0 Å². The van der Waals surface area contributed by atoms with E-state index in [1.54, 1.807) is 30.3 Å². The number of anilines is 1. The third kappa shape index (κ3) is 4.01. The molecule has 0 saturated heterocycles. The second-order valence-electron chi connectivity index (χ2n) is 3.68. The van der Waals surface area contributed by atoms with Crippen LogP contribution in [0.15, 0.2) is 45.8 Å². The van der Waals surface area contributed by atoms with E-state index in [1.165, 1.54) is 6.20 Å². The zero-order valence-electron chi connectivity index (χ0n) is 9.91. The van der Waals surface area contributed by atoms with Crippen LogP contribution in [0, 0.1) is 0 Å². The van der Waals surface area contributed by atoms with Crippen LogP contribution >= 0.6 is 15.9 Å². The number of halogens is 1. The van der Waals surface area contributed by atoms with Gasteiger partial charge in [0, 0.05) is 0 Å². The Morgan fingerprint density at radius 3 is 2.43 bits per heavy atom. The number of carbonyl (C=O) groups is 2. The van der Waals surface area contributed by atoms with Gasteiger partial charge in [0.25, 0.3) is 5.56 Å². The standard InChI is InChI=1S/C12H8BrN3O4.Na.H/c13-9-8(15-10(17)12(19)20)6-14-16(11(9)18)7-4-2-1-3-5-7;;/h1-6H,(H,15,17)(H,19,20);;. The molecule has 0 aliphatic carbocycles. The number of nitrogens with zero attached hydrogens (tertiary/aromatic N) is 2. The first kappa shape index (κ1) is 17.6. The number of benzene rings is 1. The Morgan fingerprint density at radius 1 is 1.24 bits per heavy atom. The van der Waals surface area contributed by atoms with E-state index in [-0.39, 0.29) is 39.7 Å². The molecule has 0 aliphatic rings. The third-order valence-corrected chi connectivity index (χ3v) is 3.13. The van der Waals surface area contributed by atoms with Crippen LogP contribution in [-0.2, 0) is 9.59 Å². The van der Waals surface area contributed by atoms with Crippen molar-refractivity contribution in [1.82, 2.24) is 9.78 Å². The van der Waals surface area contributed by atoms with Gasteiger partial charge in [-0.3, -0.25) is 9.59 Å². The molecule has 2 N–H and O–H groups in total. The number of rotatable bonds is 2. The predicted octanol–water partition coefficient (Wildman–Crippen LogP) is 0.370. The van der Waals surface area contributed by atoms with Crippen molar-refractivity contribution in [3.63, 3.8) is 0 Å². The molecular formula is C12H9BrN3NaO4. The number of amides is 1. The van der Waals surface area contributed by atoms with Gasteiger partial charge in [-0.05, 0) is 28.1 Å². The summed E-state index contributed by atoms with van der Waals surface area (Å²) >= 11 is 3.02. The van der Waals surface area contributed by atoms with Gasteiger partial charge in [-0.25, -0.2) is 4.79 Å². The maximum atomic E-state index is 12.1. The van der Waals surface area contributed by atoms with Crippen LogP contribution in [0.25, 0.3) is 5.69 Å². The van der Waals surface area contributed by atoms with Crippen molar-refractivity contribution in [2.45, 2.75) is 0 Å². The summed E-state index contributed by atoms with van der Waals surface area (Å²) in [6.45, 7) is 0. The van der Waals surface area contributed by atoms with Gasteiger partial charge in [0.05, 0.1) is 17.6 Å². The molecule has 1 aromatic carbocycles. The third-order valence-electron chi connectivity index (χ3n) is 2.36. The van der Waals surface area contributed by atoms with Gasteiger partial charge >= 0.3 is 41.4 Å². The van der Waals surface area contributed by atoms with E-state index in [2.05, 4.69) is 26.3 Å². The number of para-hydroxylation sites is 1. The number of hydrogen-bond acceptors (Lipinski definition) is 4. The van der Waals surface area contributed by atoms with Crippen LogP contribution < -0.4 is 10.9 Å². The number of aliphatic carboxylic acids is 1. The number of carboxylic acid groups (broad SMARTS) is 1. The number of carboxylic acids is 1. The first-order valence-electron chi connectivity index (χ1n) is 5.38. The minimum atomic E-state index is -1.65. The molecule has 1 aromatic heterocycles. The molecule has 7 nitrogen and oxygen atoms in total. The number of aromatic nitrogens is 2. The number of hydrogen-bond donors (Lipinski definition) is 2. The molecule has 0 unspecified atom stereocenters. The Hall–Kier alpha value is -1.48. The van der Waals surface area contributed by atoms with Crippen LogP contribution in [0.2, 0.25) is 0 Å². The van der Waals surface area contributed by atoms with E-state index >= 15 is 0 Å². The van der Waals surface area contributed by atoms with Crippen molar-refractivity contribution in [2.24, 2.45) is 0 Å². The molecule has 0 aliphatic heterocycles. The first-order chi connectivity index (χ1) is 9.50. The molecule has 0 spiro atoms. The van der Waals surface area contributed by atoms with Gasteiger partial charge < -0.3 is 10.4 Å². The average Bonchev–Trinajstić information content (AvgIpc) is 2.45. The van der Waals surface area contributed by atoms with Gasteiger partial charge in [-0.1, -0.05) is 18.2 Å². The van der Waals surface area contributed by atoms with E-state index in [1.807, 2.05) is 0 Å². The molecule has 0 saturated carbocycles. The molecule has 0 bridgehead atoms. The van der Waals surface area contributed by atoms with Crippen molar-refractivity contribution in [2.75, 3.05) is 5.32 Å². The zero-order chi connectivity index (χ0) is 14.7. The number of nitrogens with one attached hydrogen (secondary N) is 1. The molecule has 0 radical (unpaired) electrons. The molecule has 2 rings (SSSR count). The molecule has 1 amide bonds. The van der Waals surface area contributed by atoms with Crippen molar-refractivity contribution in [1.29, 1.82) is 0 Å². The molecule has 1 heterocycles. The predicted molar refractivity (Wildman–Crippen MR) is 80.9 cm³/mol. The van der Waals surface area contributed by atoms with Crippen molar-refractivity contribution in [3.8, 4) is 5.69 Å². The summed E-state index contributed by atoms with van der Waals surface area (Å²) in [5.74, 6) is -2.89. The van der Waals surface area contributed by atoms with Gasteiger partial charge in [0.15, 0.2) is 0 Å². The average molecular weight is 362 g/mol. The van der Waals surface area contributed by atoms with Gasteiger partial charge in [-0.15, -0.1) is 0 Å². The summed E-state index contributed by atoms with van der Waals surface area (Å²) < 4.78 is 1.14. The van der Waals surface area contributed by atoms with Crippen LogP contribution in [-0.4, -0.2) is 56.3 Å². The zero-order valence-corrected chi connectivity index (χ0v) is 11.5. The van der Waals surface area contributed by atoms with Gasteiger partial charge in [0.1, 0.15) is 4.47 Å². The fourth-order valence-electron chi connectivity index (χ4n) is 1.45. The Kier molecular flexibility index (Phi) is 6.28. The Labute approximate surface area is 149 Å². The van der Waals surface area contributed by atoms with E-state index in [4.69, 9.17) is 5.11 Å². The fraction of sp³-hybridized carbons (Fsp3) is 0. The topological polar surface area (TPSA) is 101 Å². The summed E-state index contributed by atoms with van der Waals surface area (Å²) in [6.07, 6.45) is 1.19. The summed E-state index contributed by atoms with van der Waals surface area (Å²) in [6, 6.07) is 8.67. The SMILES string of the molecule is O=C(O)C(=O)Nc1cnn(-c2ccccc2)c(=O)c1Br.[NaH]. The molecule has 21 heavy (non-hydrogen) atoms. The van der Waals surface area contributed by atoms with Crippen molar-refractivity contribution >= 4 is 63.1 Å². The minimum absolute atomic E-state index is 0. The molecular weight excluding hydrogens is 353 g/mol. The molecule has 0 fully saturated rings.